The third-order valence-electron chi connectivity index (χ3n) is 13.6. The van der Waals surface area contributed by atoms with Crippen molar-refractivity contribution < 1.29 is 79.7 Å². The fraction of sp³-hybridized carbons (Fsp3) is 0.103. The lowest BCUT2D eigenvalue weighted by Gasteiger charge is -2.30. The standard InChI is InChI=1S/C58H44O16/c1-73-49-25-47(63)39-21-41(49)53(29-7-15-33(16-8-29)57(69)70)37-19-35(43(59)23-45(37)61)52(28-5-13-32(14-6-28)56(67)68)40-22-42(50(74-2)26-48(40)64)54(30-9-17-34(18-10-30)58(71)72)38-20-36(44(60)24-46(38)62)51(39)27-3-11-31(12-4-27)55(65)66/h3-26,51-54,59-64H,1-2H3,(H,65,66)(H,67,68)(H,69,70)(H,71,72). The fourth-order valence-corrected chi connectivity index (χ4v) is 10.0. The fourth-order valence-electron chi connectivity index (χ4n) is 10.0. The van der Waals surface area contributed by atoms with Gasteiger partial charge in [-0.3, -0.25) is 0 Å². The summed E-state index contributed by atoms with van der Waals surface area (Å²) >= 11 is 0. The van der Waals surface area contributed by atoms with E-state index >= 15 is 0 Å². The van der Waals surface area contributed by atoms with Gasteiger partial charge in [0.2, 0.25) is 0 Å². The number of aromatic hydroxyl groups is 6. The molecule has 0 spiro atoms. The molecule has 0 aliphatic heterocycles. The van der Waals surface area contributed by atoms with Crippen LogP contribution in [0.25, 0.3) is 0 Å². The molecule has 0 aromatic heterocycles. The molecule has 0 saturated heterocycles. The maximum absolute atomic E-state index is 12.2. The van der Waals surface area contributed by atoms with Gasteiger partial charge in [0, 0.05) is 92.4 Å². The number of carbonyl (C=O) groups is 4. The van der Waals surface area contributed by atoms with Crippen LogP contribution >= 0.6 is 0 Å². The topological polar surface area (TPSA) is 289 Å². The van der Waals surface area contributed by atoms with E-state index < -0.39 is 70.5 Å². The summed E-state index contributed by atoms with van der Waals surface area (Å²) in [4.78, 5) is 48.6. The van der Waals surface area contributed by atoms with Crippen LogP contribution in [0.2, 0.25) is 0 Å². The second-order valence-electron chi connectivity index (χ2n) is 17.7. The van der Waals surface area contributed by atoms with Crippen LogP contribution in [0.3, 0.4) is 0 Å². The van der Waals surface area contributed by atoms with E-state index in [-0.39, 0.29) is 89.8 Å². The molecule has 8 aromatic rings. The van der Waals surface area contributed by atoms with Gasteiger partial charge in [0.05, 0.1) is 36.5 Å². The predicted octanol–water partition coefficient (Wildman–Crippen LogP) is 9.76. The lowest BCUT2D eigenvalue weighted by Crippen LogP contribution is -2.14. The molecule has 372 valence electrons. The van der Waals surface area contributed by atoms with Gasteiger partial charge >= 0.3 is 23.9 Å². The van der Waals surface area contributed by atoms with E-state index in [2.05, 4.69) is 0 Å². The number of hydrogen-bond acceptors (Lipinski definition) is 12. The van der Waals surface area contributed by atoms with Gasteiger partial charge in [0.25, 0.3) is 0 Å². The third-order valence-corrected chi connectivity index (χ3v) is 13.6. The molecule has 8 bridgehead atoms. The van der Waals surface area contributed by atoms with Crippen molar-refractivity contribution in [1.82, 2.24) is 0 Å². The normalized spacial score (nSPS) is 15.9. The van der Waals surface area contributed by atoms with E-state index in [0.29, 0.717) is 22.3 Å². The minimum atomic E-state index is -1.23. The van der Waals surface area contributed by atoms with Crippen molar-refractivity contribution in [3.05, 3.63) is 235 Å². The van der Waals surface area contributed by atoms with Crippen LogP contribution in [-0.2, 0) is 0 Å². The van der Waals surface area contributed by atoms with Crippen LogP contribution in [0.1, 0.15) is 132 Å². The first kappa shape index (κ1) is 49.0. The number of ether oxygens (including phenoxy) is 2. The first-order chi connectivity index (χ1) is 35.4. The number of aromatic carboxylic acids is 4. The van der Waals surface area contributed by atoms with Crippen LogP contribution in [0, 0.1) is 0 Å². The average Bonchev–Trinajstić information content (AvgIpc) is 3.38. The number of hydrogen-bond donors (Lipinski definition) is 10. The lowest BCUT2D eigenvalue weighted by molar-refractivity contribution is 0.0686. The molecule has 10 N–H and O–H groups in total. The lowest BCUT2D eigenvalue weighted by atomic mass is 9.75. The minimum absolute atomic E-state index is 0.0485. The molecule has 1 aliphatic rings. The van der Waals surface area contributed by atoms with Crippen molar-refractivity contribution in [3.63, 3.8) is 0 Å². The minimum Gasteiger partial charge on any atom is -0.507 e. The number of phenols is 6. The van der Waals surface area contributed by atoms with Gasteiger partial charge in [-0.25, -0.2) is 19.2 Å². The highest BCUT2D eigenvalue weighted by Crippen LogP contribution is 2.54. The van der Waals surface area contributed by atoms with Gasteiger partial charge in [-0.1, -0.05) is 48.5 Å². The molecule has 0 saturated carbocycles. The van der Waals surface area contributed by atoms with E-state index in [1.165, 1.54) is 136 Å². The third kappa shape index (κ3) is 8.80. The predicted molar refractivity (Wildman–Crippen MR) is 266 cm³/mol. The molecule has 4 atom stereocenters. The van der Waals surface area contributed by atoms with Crippen molar-refractivity contribution in [3.8, 4) is 46.0 Å². The molecule has 4 unspecified atom stereocenters. The summed E-state index contributed by atoms with van der Waals surface area (Å²) in [5.41, 5.74) is 1.96. The molecule has 0 heterocycles. The molecule has 8 aromatic carbocycles. The highest BCUT2D eigenvalue weighted by Gasteiger charge is 2.36. The number of rotatable bonds is 10. The molecular formula is C58H44O16. The zero-order chi connectivity index (χ0) is 52.9. The maximum Gasteiger partial charge on any atom is 0.335 e. The highest BCUT2D eigenvalue weighted by atomic mass is 16.5. The SMILES string of the molecule is COc1cc(O)c2cc1C(c1ccc(C(=O)O)cc1)c1cc(c(O)cc1O)C(c1ccc(C(=O)O)cc1)c1cc(c(OC)cc1O)C(c1ccc(C(=O)O)cc1)c1cc(c(O)cc1O)C2c1ccc(C(=O)O)cc1. The number of fused-ring (bicyclic) bond motifs is 8. The largest absolute Gasteiger partial charge is 0.507 e. The van der Waals surface area contributed by atoms with Crippen molar-refractivity contribution in [2.75, 3.05) is 14.2 Å². The molecule has 9 rings (SSSR count). The summed E-state index contributed by atoms with van der Waals surface area (Å²) in [7, 11) is 2.67. The first-order valence-corrected chi connectivity index (χ1v) is 22.6. The Labute approximate surface area is 420 Å². The molecular weight excluding hydrogens is 953 g/mol. The van der Waals surface area contributed by atoms with Crippen LogP contribution < -0.4 is 9.47 Å². The molecule has 16 nitrogen and oxygen atoms in total. The van der Waals surface area contributed by atoms with Crippen LogP contribution in [0.5, 0.6) is 46.0 Å². The summed E-state index contributed by atoms with van der Waals surface area (Å²) in [5.74, 6) is -12.3. The van der Waals surface area contributed by atoms with Gasteiger partial charge < -0.3 is 60.5 Å². The summed E-state index contributed by atoms with van der Waals surface area (Å²) in [6, 6.07) is 33.5. The number of carboxylic acids is 4. The van der Waals surface area contributed by atoms with Crippen LogP contribution in [0.15, 0.2) is 146 Å². The van der Waals surface area contributed by atoms with Gasteiger partial charge in [-0.2, -0.15) is 0 Å². The second-order valence-corrected chi connectivity index (χ2v) is 17.7. The van der Waals surface area contributed by atoms with Crippen molar-refractivity contribution in [1.29, 1.82) is 0 Å². The molecule has 74 heavy (non-hydrogen) atoms. The Morgan fingerprint density at radius 2 is 0.486 bits per heavy atom. The van der Waals surface area contributed by atoms with E-state index in [9.17, 15) is 70.2 Å². The van der Waals surface area contributed by atoms with Crippen molar-refractivity contribution >= 4 is 23.9 Å². The van der Waals surface area contributed by atoms with E-state index in [1.807, 2.05) is 0 Å². The van der Waals surface area contributed by atoms with Gasteiger partial charge in [0.1, 0.15) is 46.0 Å². The molecule has 0 fully saturated rings. The Bertz CT molecular complexity index is 3310. The Balaban J connectivity index is 1.49. The molecule has 0 radical (unpaired) electrons. The number of benzene rings is 8. The quantitative estimate of drug-likeness (QED) is 0.0610. The van der Waals surface area contributed by atoms with Crippen LogP contribution in [-0.4, -0.2) is 89.2 Å². The van der Waals surface area contributed by atoms with Crippen LogP contribution in [0.4, 0.5) is 0 Å². The average molecular weight is 997 g/mol. The van der Waals surface area contributed by atoms with Gasteiger partial charge in [-0.05, 0) is 95.1 Å². The Kier molecular flexibility index (Phi) is 12.8. The Hall–Kier alpha value is -9.96. The summed E-state index contributed by atoms with van der Waals surface area (Å²) in [6.07, 6.45) is 0. The Morgan fingerprint density at radius 3 is 0.689 bits per heavy atom. The van der Waals surface area contributed by atoms with Gasteiger partial charge in [0.15, 0.2) is 0 Å². The number of phenolic OH excluding ortho intramolecular Hbond substituents is 6. The zero-order valence-corrected chi connectivity index (χ0v) is 39.1. The number of carboxylic acid groups (broad SMARTS) is 4. The van der Waals surface area contributed by atoms with E-state index in [1.54, 1.807) is 12.1 Å². The maximum atomic E-state index is 12.2. The zero-order valence-electron chi connectivity index (χ0n) is 39.1. The summed E-state index contributed by atoms with van der Waals surface area (Å²) in [6.45, 7) is 0. The van der Waals surface area contributed by atoms with E-state index in [0.717, 1.165) is 12.1 Å². The number of methoxy groups -OCH3 is 2. The molecule has 16 heteroatoms. The monoisotopic (exact) mass is 996 g/mol. The van der Waals surface area contributed by atoms with Crippen molar-refractivity contribution in [2.24, 2.45) is 0 Å². The highest BCUT2D eigenvalue weighted by molar-refractivity contribution is 5.89. The smallest absolute Gasteiger partial charge is 0.335 e. The Morgan fingerprint density at radius 1 is 0.297 bits per heavy atom. The molecule has 0 amide bonds. The summed E-state index contributed by atoms with van der Waals surface area (Å²) in [5, 5.41) is 113. The van der Waals surface area contributed by atoms with Crippen molar-refractivity contribution in [2.45, 2.75) is 23.7 Å². The second kappa shape index (κ2) is 19.3. The summed E-state index contributed by atoms with van der Waals surface area (Å²) < 4.78 is 11.9. The first-order valence-electron chi connectivity index (χ1n) is 22.6. The molecule has 1 aliphatic carbocycles. The van der Waals surface area contributed by atoms with E-state index in [4.69, 9.17) is 9.47 Å². The van der Waals surface area contributed by atoms with Gasteiger partial charge in [-0.15, -0.1) is 0 Å².